The Hall–Kier alpha value is -2.60. The molecule has 3 rings (SSSR count). The molecule has 0 aliphatic heterocycles. The van der Waals surface area contributed by atoms with Crippen molar-refractivity contribution in [1.29, 1.82) is 0 Å². The minimum atomic E-state index is -0.433. The van der Waals surface area contributed by atoms with Gasteiger partial charge in [-0.15, -0.1) is 0 Å². The zero-order valence-electron chi connectivity index (χ0n) is 13.5. The summed E-state index contributed by atoms with van der Waals surface area (Å²) in [5.41, 5.74) is 1.16. The van der Waals surface area contributed by atoms with E-state index >= 15 is 0 Å². The van der Waals surface area contributed by atoms with Crippen LogP contribution in [0.2, 0.25) is 0 Å². The highest BCUT2D eigenvalue weighted by Gasteiger charge is 2.09. The molecule has 5 nitrogen and oxygen atoms in total. The summed E-state index contributed by atoms with van der Waals surface area (Å²) in [4.78, 5) is 16.1. The smallest absolute Gasteiger partial charge is 0.344 e. The molecule has 0 aliphatic rings. The second-order valence-corrected chi connectivity index (χ2v) is 6.28. The summed E-state index contributed by atoms with van der Waals surface area (Å²) in [7, 11) is 0. The van der Waals surface area contributed by atoms with Crippen LogP contribution >= 0.6 is 15.9 Å². The van der Waals surface area contributed by atoms with Gasteiger partial charge in [-0.25, -0.2) is 9.78 Å². The molecule has 0 spiro atoms. The highest BCUT2D eigenvalue weighted by Crippen LogP contribution is 2.16. The van der Waals surface area contributed by atoms with E-state index in [0.29, 0.717) is 18.1 Å². The standard InChI is InChI=1S/C19H17BrN2O3/c20-16-6-8-17(9-7-16)24-14-19(23)25-13-18-21-10-11-22(18)12-15-4-2-1-3-5-15/h1-11H,12-14H2. The maximum atomic E-state index is 11.9. The number of halogens is 1. The first-order valence-corrected chi connectivity index (χ1v) is 8.58. The van der Waals surface area contributed by atoms with Gasteiger partial charge in [-0.05, 0) is 29.8 Å². The number of nitrogens with zero attached hydrogens (tertiary/aromatic N) is 2. The van der Waals surface area contributed by atoms with Crippen molar-refractivity contribution in [2.45, 2.75) is 13.2 Å². The summed E-state index contributed by atoms with van der Waals surface area (Å²) in [5, 5.41) is 0. The van der Waals surface area contributed by atoms with Crippen molar-refractivity contribution < 1.29 is 14.3 Å². The van der Waals surface area contributed by atoms with Gasteiger partial charge in [0.25, 0.3) is 0 Å². The molecule has 6 heteroatoms. The first-order chi connectivity index (χ1) is 12.2. The monoisotopic (exact) mass is 400 g/mol. The molecular formula is C19H17BrN2O3. The third-order valence-corrected chi connectivity index (χ3v) is 4.06. The molecule has 128 valence electrons. The van der Waals surface area contributed by atoms with Crippen molar-refractivity contribution in [3.63, 3.8) is 0 Å². The van der Waals surface area contributed by atoms with Crippen LogP contribution in [0.25, 0.3) is 0 Å². The molecule has 0 saturated heterocycles. The van der Waals surface area contributed by atoms with Crippen LogP contribution in [0.3, 0.4) is 0 Å². The Morgan fingerprint density at radius 1 is 1.08 bits per heavy atom. The number of esters is 1. The minimum Gasteiger partial charge on any atom is -0.482 e. The van der Waals surface area contributed by atoms with Crippen LogP contribution in [0, 0.1) is 0 Å². The number of carbonyl (C=O) groups excluding carboxylic acids is 1. The lowest BCUT2D eigenvalue weighted by molar-refractivity contribution is -0.147. The predicted octanol–water partition coefficient (Wildman–Crippen LogP) is 3.82. The molecular weight excluding hydrogens is 384 g/mol. The van der Waals surface area contributed by atoms with Crippen LogP contribution in [0.4, 0.5) is 0 Å². The Morgan fingerprint density at radius 3 is 2.60 bits per heavy atom. The van der Waals surface area contributed by atoms with Crippen LogP contribution in [-0.2, 0) is 22.7 Å². The van der Waals surface area contributed by atoms with Crippen molar-refractivity contribution in [1.82, 2.24) is 9.55 Å². The van der Waals surface area contributed by atoms with Crippen molar-refractivity contribution >= 4 is 21.9 Å². The summed E-state index contributed by atoms with van der Waals surface area (Å²) in [5.74, 6) is 0.878. The molecule has 25 heavy (non-hydrogen) atoms. The maximum absolute atomic E-state index is 11.9. The van der Waals surface area contributed by atoms with E-state index in [1.165, 1.54) is 0 Å². The van der Waals surface area contributed by atoms with Gasteiger partial charge in [0.15, 0.2) is 6.61 Å². The number of benzene rings is 2. The fourth-order valence-electron chi connectivity index (χ4n) is 2.26. The molecule has 0 bridgehead atoms. The second-order valence-electron chi connectivity index (χ2n) is 5.36. The van der Waals surface area contributed by atoms with Crippen LogP contribution in [0.1, 0.15) is 11.4 Å². The summed E-state index contributed by atoms with van der Waals surface area (Å²) >= 11 is 3.35. The van der Waals surface area contributed by atoms with E-state index in [4.69, 9.17) is 9.47 Å². The first-order valence-electron chi connectivity index (χ1n) is 7.78. The first kappa shape index (κ1) is 17.2. The molecule has 1 aromatic heterocycles. The SMILES string of the molecule is O=C(COc1ccc(Br)cc1)OCc1nccn1Cc1ccccc1. The molecule has 0 atom stereocenters. The third-order valence-electron chi connectivity index (χ3n) is 3.53. The summed E-state index contributed by atoms with van der Waals surface area (Å²) < 4.78 is 13.6. The van der Waals surface area contributed by atoms with Gasteiger partial charge in [0.05, 0.1) is 0 Å². The number of carbonyl (C=O) groups is 1. The van der Waals surface area contributed by atoms with Gasteiger partial charge in [0.1, 0.15) is 18.2 Å². The molecule has 0 amide bonds. The number of hydrogen-bond acceptors (Lipinski definition) is 4. The average Bonchev–Trinajstić information content (AvgIpc) is 3.07. The van der Waals surface area contributed by atoms with Crippen molar-refractivity contribution in [2.75, 3.05) is 6.61 Å². The van der Waals surface area contributed by atoms with Crippen LogP contribution in [0.15, 0.2) is 71.5 Å². The van der Waals surface area contributed by atoms with Gasteiger partial charge in [-0.2, -0.15) is 0 Å². The molecule has 0 radical (unpaired) electrons. The highest BCUT2D eigenvalue weighted by molar-refractivity contribution is 9.10. The molecule has 2 aromatic carbocycles. The highest BCUT2D eigenvalue weighted by atomic mass is 79.9. The fourth-order valence-corrected chi connectivity index (χ4v) is 2.53. The lowest BCUT2D eigenvalue weighted by atomic mass is 10.2. The Kier molecular flexibility index (Phi) is 5.85. The summed E-state index contributed by atoms with van der Waals surface area (Å²) in [6, 6.07) is 17.3. The number of ether oxygens (including phenoxy) is 2. The van der Waals surface area contributed by atoms with Crippen molar-refractivity contribution in [3.05, 3.63) is 82.9 Å². The van der Waals surface area contributed by atoms with Gasteiger partial charge in [0, 0.05) is 23.4 Å². The van der Waals surface area contributed by atoms with Gasteiger partial charge in [-0.1, -0.05) is 46.3 Å². The lowest BCUT2D eigenvalue weighted by Gasteiger charge is -2.09. The molecule has 0 aliphatic carbocycles. The maximum Gasteiger partial charge on any atom is 0.344 e. The molecule has 0 unspecified atom stereocenters. The van der Waals surface area contributed by atoms with E-state index < -0.39 is 5.97 Å². The zero-order valence-corrected chi connectivity index (χ0v) is 15.1. The van der Waals surface area contributed by atoms with Gasteiger partial charge < -0.3 is 14.0 Å². The summed E-state index contributed by atoms with van der Waals surface area (Å²) in [6.07, 6.45) is 3.57. The lowest BCUT2D eigenvalue weighted by Crippen LogP contribution is -2.16. The quantitative estimate of drug-likeness (QED) is 0.565. The van der Waals surface area contributed by atoms with Gasteiger partial charge in [0.2, 0.25) is 0 Å². The van der Waals surface area contributed by atoms with E-state index in [2.05, 4.69) is 20.9 Å². The molecule has 0 fully saturated rings. The average molecular weight is 401 g/mol. The molecule has 0 N–H and O–H groups in total. The van der Waals surface area contributed by atoms with E-state index in [1.807, 2.05) is 53.2 Å². The molecule has 1 heterocycles. The normalized spacial score (nSPS) is 10.4. The summed E-state index contributed by atoms with van der Waals surface area (Å²) in [6.45, 7) is 0.659. The third kappa shape index (κ3) is 5.19. The topological polar surface area (TPSA) is 53.4 Å². The number of rotatable bonds is 7. The minimum absolute atomic E-state index is 0.113. The van der Waals surface area contributed by atoms with Gasteiger partial charge >= 0.3 is 5.97 Å². The number of aromatic nitrogens is 2. The number of hydrogen-bond donors (Lipinski definition) is 0. The van der Waals surface area contributed by atoms with Gasteiger partial charge in [-0.3, -0.25) is 0 Å². The van der Waals surface area contributed by atoms with E-state index in [9.17, 15) is 4.79 Å². The Balaban J connectivity index is 1.49. The number of imidazole rings is 1. The van der Waals surface area contributed by atoms with Crippen LogP contribution in [-0.4, -0.2) is 22.1 Å². The van der Waals surface area contributed by atoms with E-state index in [0.717, 1.165) is 10.0 Å². The zero-order chi connectivity index (χ0) is 17.5. The molecule has 0 saturated carbocycles. The molecule has 3 aromatic rings. The Bertz CT molecular complexity index is 816. The Morgan fingerprint density at radius 2 is 1.84 bits per heavy atom. The van der Waals surface area contributed by atoms with E-state index in [1.54, 1.807) is 18.3 Å². The van der Waals surface area contributed by atoms with E-state index in [-0.39, 0.29) is 13.2 Å². The van der Waals surface area contributed by atoms with Crippen LogP contribution < -0.4 is 4.74 Å². The van der Waals surface area contributed by atoms with Crippen molar-refractivity contribution in [2.24, 2.45) is 0 Å². The fraction of sp³-hybridized carbons (Fsp3) is 0.158. The second kappa shape index (κ2) is 8.48. The largest absolute Gasteiger partial charge is 0.482 e. The van der Waals surface area contributed by atoms with Crippen LogP contribution in [0.5, 0.6) is 5.75 Å². The van der Waals surface area contributed by atoms with Crippen molar-refractivity contribution in [3.8, 4) is 5.75 Å². The Labute approximate surface area is 154 Å². The predicted molar refractivity (Wildman–Crippen MR) is 97.2 cm³/mol.